The molecule has 1 unspecified atom stereocenters. The van der Waals surface area contributed by atoms with Crippen molar-refractivity contribution >= 4 is 15.7 Å². The second kappa shape index (κ2) is 6.38. The minimum absolute atomic E-state index is 0.104. The first kappa shape index (κ1) is 17.0. The molecule has 2 N–H and O–H groups in total. The van der Waals surface area contributed by atoms with Crippen molar-refractivity contribution < 1.29 is 13.2 Å². The average Bonchev–Trinajstić information content (AvgIpc) is 2.46. The van der Waals surface area contributed by atoms with E-state index in [0.29, 0.717) is 30.1 Å². The number of benzene rings is 1. The molecule has 1 saturated heterocycles. The van der Waals surface area contributed by atoms with E-state index in [1.165, 1.54) is 6.07 Å². The molecule has 1 fully saturated rings. The van der Waals surface area contributed by atoms with E-state index >= 15 is 0 Å². The Hall–Kier alpha value is -1.40. The topological polar surface area (TPSA) is 80.5 Å². The molecule has 1 aliphatic rings. The second-order valence-corrected chi connectivity index (χ2v) is 8.23. The predicted molar refractivity (Wildman–Crippen MR) is 86.6 cm³/mol. The highest BCUT2D eigenvalue weighted by molar-refractivity contribution is 7.90. The predicted octanol–water partition coefficient (Wildman–Crippen LogP) is 1.60. The van der Waals surface area contributed by atoms with Crippen LogP contribution in [0.15, 0.2) is 23.1 Å². The maximum atomic E-state index is 12.6. The normalized spacial score (nSPS) is 18.3. The summed E-state index contributed by atoms with van der Waals surface area (Å²) >= 11 is 0. The molecule has 122 valence electrons. The summed E-state index contributed by atoms with van der Waals surface area (Å²) in [6.07, 6.45) is 2.96. The van der Waals surface area contributed by atoms with Crippen LogP contribution in [0.4, 0.5) is 0 Å². The lowest BCUT2D eigenvalue weighted by atomic mass is 9.90. The first-order valence-corrected chi connectivity index (χ1v) is 9.45. The molecule has 2 rings (SSSR count). The highest BCUT2D eigenvalue weighted by Crippen LogP contribution is 2.23. The zero-order chi connectivity index (χ0) is 16.5. The molecule has 0 aromatic heterocycles. The number of hydrogen-bond donors (Lipinski definition) is 1. The van der Waals surface area contributed by atoms with Gasteiger partial charge in [-0.3, -0.25) is 4.79 Å². The van der Waals surface area contributed by atoms with Crippen LogP contribution in [0.25, 0.3) is 0 Å². The number of aryl methyl sites for hydroxylation is 1. The molecule has 0 spiro atoms. The third-order valence-corrected chi connectivity index (χ3v) is 5.64. The number of sulfone groups is 1. The molecule has 1 aromatic rings. The van der Waals surface area contributed by atoms with Gasteiger partial charge in [-0.05, 0) is 50.3 Å². The minimum atomic E-state index is -3.33. The molecule has 0 aliphatic carbocycles. The van der Waals surface area contributed by atoms with Gasteiger partial charge in [0.05, 0.1) is 4.90 Å². The van der Waals surface area contributed by atoms with Crippen molar-refractivity contribution in [1.82, 2.24) is 4.90 Å². The maximum Gasteiger partial charge on any atom is 0.253 e. The number of hydrogen-bond acceptors (Lipinski definition) is 4. The Morgan fingerprint density at radius 2 is 1.91 bits per heavy atom. The number of carbonyl (C=O) groups is 1. The van der Waals surface area contributed by atoms with E-state index in [2.05, 4.69) is 0 Å². The van der Waals surface area contributed by atoms with Gasteiger partial charge in [0, 0.05) is 31.0 Å². The third-order valence-electron chi connectivity index (χ3n) is 4.40. The Balaban J connectivity index is 2.18. The molecule has 1 heterocycles. The van der Waals surface area contributed by atoms with E-state index in [1.807, 2.05) is 6.92 Å². The van der Waals surface area contributed by atoms with Crippen molar-refractivity contribution in [3.05, 3.63) is 29.3 Å². The summed E-state index contributed by atoms with van der Waals surface area (Å²) in [6, 6.07) is 5.03. The molecule has 22 heavy (non-hydrogen) atoms. The molecular weight excluding hydrogens is 300 g/mol. The van der Waals surface area contributed by atoms with E-state index in [4.69, 9.17) is 5.73 Å². The molecule has 1 amide bonds. The van der Waals surface area contributed by atoms with Crippen molar-refractivity contribution in [1.29, 1.82) is 0 Å². The van der Waals surface area contributed by atoms with Crippen LogP contribution in [-0.2, 0) is 9.84 Å². The Morgan fingerprint density at radius 1 is 1.32 bits per heavy atom. The van der Waals surface area contributed by atoms with Gasteiger partial charge in [-0.15, -0.1) is 0 Å². The van der Waals surface area contributed by atoms with Crippen LogP contribution in [0.1, 0.15) is 35.7 Å². The fraction of sp³-hybridized carbons (Fsp3) is 0.562. The Bertz CT molecular complexity index is 660. The van der Waals surface area contributed by atoms with E-state index in [1.54, 1.807) is 24.0 Å². The van der Waals surface area contributed by atoms with Gasteiger partial charge in [0.15, 0.2) is 9.84 Å². The summed E-state index contributed by atoms with van der Waals surface area (Å²) in [6.45, 7) is 5.08. The summed E-state index contributed by atoms with van der Waals surface area (Å²) < 4.78 is 23.6. The maximum absolute atomic E-state index is 12.6. The lowest BCUT2D eigenvalue weighted by Gasteiger charge is -2.33. The number of likely N-dealkylation sites (tertiary alicyclic amines) is 1. The summed E-state index contributed by atoms with van der Waals surface area (Å²) in [4.78, 5) is 14.6. The van der Waals surface area contributed by atoms with Gasteiger partial charge >= 0.3 is 0 Å². The summed E-state index contributed by atoms with van der Waals surface area (Å²) in [7, 11) is -3.33. The highest BCUT2D eigenvalue weighted by Gasteiger charge is 2.26. The lowest BCUT2D eigenvalue weighted by molar-refractivity contribution is 0.0680. The number of rotatable bonds is 3. The number of nitrogens with zero attached hydrogens (tertiary/aromatic N) is 1. The standard InChI is InChI=1S/C16H24N2O3S/c1-11-4-5-14(10-15(11)22(3,20)21)16(19)18-8-6-13(7-9-18)12(2)17/h4-5,10,12-13H,6-9,17H2,1-3H3. The molecule has 1 atom stereocenters. The molecule has 1 aliphatic heterocycles. The molecule has 5 nitrogen and oxygen atoms in total. The quantitative estimate of drug-likeness (QED) is 0.916. The second-order valence-electron chi connectivity index (χ2n) is 6.24. The van der Waals surface area contributed by atoms with Crippen LogP contribution in [0.3, 0.4) is 0 Å². The van der Waals surface area contributed by atoms with Crippen molar-refractivity contribution in [2.75, 3.05) is 19.3 Å². The molecule has 6 heteroatoms. The molecule has 1 aromatic carbocycles. The first-order chi connectivity index (χ1) is 10.2. The van der Waals surface area contributed by atoms with Crippen LogP contribution in [0.2, 0.25) is 0 Å². The number of carbonyl (C=O) groups excluding carboxylic acids is 1. The fourth-order valence-electron chi connectivity index (χ4n) is 2.94. The van der Waals surface area contributed by atoms with Gasteiger partial charge < -0.3 is 10.6 Å². The molecule has 0 radical (unpaired) electrons. The van der Waals surface area contributed by atoms with Gasteiger partial charge in [0.2, 0.25) is 0 Å². The Kier molecular flexibility index (Phi) is 4.92. The number of nitrogens with two attached hydrogens (primary N) is 1. The first-order valence-electron chi connectivity index (χ1n) is 7.55. The summed E-state index contributed by atoms with van der Waals surface area (Å²) in [5.41, 5.74) is 7.01. The van der Waals surface area contributed by atoms with Crippen LogP contribution in [0, 0.1) is 12.8 Å². The van der Waals surface area contributed by atoms with Crippen molar-refractivity contribution in [3.8, 4) is 0 Å². The largest absolute Gasteiger partial charge is 0.339 e. The zero-order valence-electron chi connectivity index (χ0n) is 13.4. The van der Waals surface area contributed by atoms with Crippen molar-refractivity contribution in [2.24, 2.45) is 11.7 Å². The van der Waals surface area contributed by atoms with Crippen LogP contribution in [0.5, 0.6) is 0 Å². The van der Waals surface area contributed by atoms with Gasteiger partial charge in [-0.25, -0.2) is 8.42 Å². The lowest BCUT2D eigenvalue weighted by Crippen LogP contribution is -2.42. The fourth-order valence-corrected chi connectivity index (χ4v) is 3.94. The van der Waals surface area contributed by atoms with Gasteiger partial charge in [-0.1, -0.05) is 6.07 Å². The summed E-state index contributed by atoms with van der Waals surface area (Å²) in [5, 5.41) is 0. The van der Waals surface area contributed by atoms with E-state index < -0.39 is 9.84 Å². The highest BCUT2D eigenvalue weighted by atomic mass is 32.2. The van der Waals surface area contributed by atoms with Crippen LogP contribution < -0.4 is 5.73 Å². The van der Waals surface area contributed by atoms with Gasteiger partial charge in [0.1, 0.15) is 0 Å². The molecular formula is C16H24N2O3S. The number of amides is 1. The van der Waals surface area contributed by atoms with E-state index in [-0.39, 0.29) is 16.8 Å². The minimum Gasteiger partial charge on any atom is -0.339 e. The van der Waals surface area contributed by atoms with Crippen molar-refractivity contribution in [3.63, 3.8) is 0 Å². The average molecular weight is 324 g/mol. The zero-order valence-corrected chi connectivity index (χ0v) is 14.2. The molecule has 0 saturated carbocycles. The Labute approximate surface area is 132 Å². The van der Waals surface area contributed by atoms with Gasteiger partial charge in [0.25, 0.3) is 5.91 Å². The van der Waals surface area contributed by atoms with E-state index in [0.717, 1.165) is 19.1 Å². The SMILES string of the molecule is Cc1ccc(C(=O)N2CCC(C(C)N)CC2)cc1S(C)(=O)=O. The van der Waals surface area contributed by atoms with Crippen LogP contribution >= 0.6 is 0 Å². The van der Waals surface area contributed by atoms with E-state index in [9.17, 15) is 13.2 Å². The number of piperidine rings is 1. The third kappa shape index (κ3) is 3.67. The smallest absolute Gasteiger partial charge is 0.253 e. The summed E-state index contributed by atoms with van der Waals surface area (Å²) in [5.74, 6) is 0.349. The van der Waals surface area contributed by atoms with Crippen LogP contribution in [-0.4, -0.2) is 44.6 Å². The monoisotopic (exact) mass is 324 g/mol. The Morgan fingerprint density at radius 3 is 2.41 bits per heavy atom. The van der Waals surface area contributed by atoms with Gasteiger partial charge in [-0.2, -0.15) is 0 Å². The van der Waals surface area contributed by atoms with Crippen molar-refractivity contribution in [2.45, 2.75) is 37.6 Å². The molecule has 0 bridgehead atoms.